The summed E-state index contributed by atoms with van der Waals surface area (Å²) in [5.41, 5.74) is -0.0181. The highest BCUT2D eigenvalue weighted by Gasteiger charge is 2.29. The monoisotopic (exact) mass is 306 g/mol. The van der Waals surface area contributed by atoms with Gasteiger partial charge >= 0.3 is 6.09 Å². The van der Waals surface area contributed by atoms with Gasteiger partial charge in [-0.1, -0.05) is 0 Å². The van der Waals surface area contributed by atoms with E-state index in [-0.39, 0.29) is 18.2 Å². The lowest BCUT2D eigenvalue weighted by molar-refractivity contribution is 0.0188. The van der Waals surface area contributed by atoms with Gasteiger partial charge in [0.25, 0.3) is 0 Å². The fourth-order valence-corrected chi connectivity index (χ4v) is 2.27. The lowest BCUT2D eigenvalue weighted by atomic mass is 10.1. The molecule has 0 radical (unpaired) electrons. The van der Waals surface area contributed by atoms with Gasteiger partial charge < -0.3 is 14.4 Å². The number of amides is 1. The van der Waals surface area contributed by atoms with Gasteiger partial charge in [-0.25, -0.2) is 9.18 Å². The first-order chi connectivity index (χ1) is 10.2. The number of halogens is 1. The Kier molecular flexibility index (Phi) is 4.27. The van der Waals surface area contributed by atoms with E-state index in [1.165, 1.54) is 11.0 Å². The summed E-state index contributed by atoms with van der Waals surface area (Å²) >= 11 is 0. The molecule has 1 aromatic rings. The van der Waals surface area contributed by atoms with E-state index in [2.05, 4.69) is 0 Å². The topological polar surface area (TPSA) is 62.6 Å². The lowest BCUT2D eigenvalue weighted by Gasteiger charge is -2.27. The SMILES string of the molecule is C[C@H]1CN(C(=O)OC(C)(C)C)Cc2cc(F)cc(C#N)c2O1. The van der Waals surface area contributed by atoms with Gasteiger partial charge in [-0.05, 0) is 39.8 Å². The molecule has 0 fully saturated rings. The van der Waals surface area contributed by atoms with Crippen LogP contribution in [-0.4, -0.2) is 29.2 Å². The van der Waals surface area contributed by atoms with Gasteiger partial charge in [0.15, 0.2) is 0 Å². The fourth-order valence-electron chi connectivity index (χ4n) is 2.27. The van der Waals surface area contributed by atoms with E-state index in [9.17, 15) is 9.18 Å². The highest BCUT2D eigenvalue weighted by Crippen LogP contribution is 2.30. The van der Waals surface area contributed by atoms with Crippen molar-refractivity contribution in [3.05, 3.63) is 29.1 Å². The first-order valence-electron chi connectivity index (χ1n) is 7.06. The van der Waals surface area contributed by atoms with Crippen LogP contribution in [0.2, 0.25) is 0 Å². The van der Waals surface area contributed by atoms with Gasteiger partial charge in [-0.3, -0.25) is 0 Å². The van der Waals surface area contributed by atoms with Gasteiger partial charge in [0.05, 0.1) is 18.7 Å². The van der Waals surface area contributed by atoms with Crippen molar-refractivity contribution in [1.82, 2.24) is 4.90 Å². The highest BCUT2D eigenvalue weighted by atomic mass is 19.1. The molecular formula is C16H19FN2O3. The maximum absolute atomic E-state index is 13.6. The van der Waals surface area contributed by atoms with Crippen LogP contribution < -0.4 is 4.74 Å². The average molecular weight is 306 g/mol. The zero-order valence-electron chi connectivity index (χ0n) is 13.1. The molecule has 0 saturated carbocycles. The zero-order chi connectivity index (χ0) is 16.5. The molecule has 1 heterocycles. The molecule has 1 aliphatic rings. The third kappa shape index (κ3) is 3.67. The molecule has 1 aliphatic heterocycles. The van der Waals surface area contributed by atoms with Crippen molar-refractivity contribution in [2.24, 2.45) is 0 Å². The smallest absolute Gasteiger partial charge is 0.410 e. The van der Waals surface area contributed by atoms with E-state index in [1.54, 1.807) is 27.7 Å². The molecule has 0 aromatic heterocycles. The minimum atomic E-state index is -0.615. The summed E-state index contributed by atoms with van der Waals surface area (Å²) in [5.74, 6) is -0.194. The average Bonchev–Trinajstić information content (AvgIpc) is 2.54. The van der Waals surface area contributed by atoms with Crippen molar-refractivity contribution in [2.45, 2.75) is 45.9 Å². The van der Waals surface area contributed by atoms with E-state index in [4.69, 9.17) is 14.7 Å². The van der Waals surface area contributed by atoms with E-state index in [0.717, 1.165) is 6.07 Å². The molecule has 0 spiro atoms. The molecule has 0 bridgehead atoms. The Labute approximate surface area is 129 Å². The molecule has 1 aromatic carbocycles. The zero-order valence-corrected chi connectivity index (χ0v) is 13.1. The first-order valence-corrected chi connectivity index (χ1v) is 7.06. The minimum absolute atomic E-state index is 0.132. The largest absolute Gasteiger partial charge is 0.487 e. The van der Waals surface area contributed by atoms with Gasteiger partial charge in [-0.2, -0.15) is 5.26 Å². The second kappa shape index (κ2) is 5.84. The number of ether oxygens (including phenoxy) is 2. The van der Waals surface area contributed by atoms with Crippen LogP contribution in [0.3, 0.4) is 0 Å². The van der Waals surface area contributed by atoms with Gasteiger partial charge in [0.1, 0.15) is 29.3 Å². The van der Waals surface area contributed by atoms with E-state index in [1.807, 2.05) is 6.07 Å². The molecule has 22 heavy (non-hydrogen) atoms. The number of hydrogen-bond acceptors (Lipinski definition) is 4. The number of carbonyl (C=O) groups is 1. The van der Waals surface area contributed by atoms with Crippen molar-refractivity contribution < 1.29 is 18.7 Å². The van der Waals surface area contributed by atoms with Crippen molar-refractivity contribution in [2.75, 3.05) is 6.54 Å². The third-order valence-electron chi connectivity index (χ3n) is 3.06. The number of carbonyl (C=O) groups excluding carboxylic acids is 1. The summed E-state index contributed by atoms with van der Waals surface area (Å²) in [4.78, 5) is 13.7. The summed E-state index contributed by atoms with van der Waals surface area (Å²) in [6.07, 6.45) is -0.815. The molecule has 0 N–H and O–H groups in total. The molecule has 6 heteroatoms. The normalized spacial score (nSPS) is 17.8. The Morgan fingerprint density at radius 2 is 2.18 bits per heavy atom. The number of nitrogens with zero attached hydrogens (tertiary/aromatic N) is 2. The summed E-state index contributed by atoms with van der Waals surface area (Å²) in [6, 6.07) is 4.34. The predicted octanol–water partition coefficient (Wildman–Crippen LogP) is 3.22. The summed E-state index contributed by atoms with van der Waals surface area (Å²) in [5, 5.41) is 9.12. The van der Waals surface area contributed by atoms with Gasteiger partial charge in [-0.15, -0.1) is 0 Å². The number of rotatable bonds is 0. The number of hydrogen-bond donors (Lipinski definition) is 0. The van der Waals surface area contributed by atoms with Crippen LogP contribution in [0.15, 0.2) is 12.1 Å². The highest BCUT2D eigenvalue weighted by molar-refractivity contribution is 5.68. The van der Waals surface area contributed by atoms with E-state index in [0.29, 0.717) is 17.9 Å². The molecule has 0 saturated heterocycles. The van der Waals surface area contributed by atoms with Crippen molar-refractivity contribution in [1.29, 1.82) is 5.26 Å². The summed E-state index contributed by atoms with van der Waals surface area (Å²) in [6.45, 7) is 7.58. The van der Waals surface area contributed by atoms with Gasteiger partial charge in [0, 0.05) is 5.56 Å². The Morgan fingerprint density at radius 3 is 2.77 bits per heavy atom. The van der Waals surface area contributed by atoms with Gasteiger partial charge in [0.2, 0.25) is 0 Å². The van der Waals surface area contributed by atoms with Crippen LogP contribution in [0.1, 0.15) is 38.8 Å². The van der Waals surface area contributed by atoms with Crippen LogP contribution in [-0.2, 0) is 11.3 Å². The van der Waals surface area contributed by atoms with Crippen molar-refractivity contribution in [3.63, 3.8) is 0 Å². The van der Waals surface area contributed by atoms with Crippen molar-refractivity contribution >= 4 is 6.09 Å². The summed E-state index contributed by atoms with van der Waals surface area (Å²) in [7, 11) is 0. The minimum Gasteiger partial charge on any atom is -0.487 e. The second-order valence-corrected chi connectivity index (χ2v) is 6.34. The predicted molar refractivity (Wildman–Crippen MR) is 77.8 cm³/mol. The molecule has 118 valence electrons. The van der Waals surface area contributed by atoms with E-state index < -0.39 is 17.5 Å². The second-order valence-electron chi connectivity index (χ2n) is 6.34. The standard InChI is InChI=1S/C16H19FN2O3/c1-10-8-19(15(20)22-16(2,3)4)9-12-6-13(17)5-11(7-18)14(12)21-10/h5-6,10H,8-9H2,1-4H3/t10-/m0/s1. The molecule has 1 atom stereocenters. The molecule has 1 amide bonds. The molecule has 5 nitrogen and oxygen atoms in total. The Bertz CT molecular complexity index is 632. The molecular weight excluding hydrogens is 287 g/mol. The van der Waals surface area contributed by atoms with Crippen LogP contribution in [0.4, 0.5) is 9.18 Å². The maximum atomic E-state index is 13.6. The van der Waals surface area contributed by atoms with Crippen molar-refractivity contribution in [3.8, 4) is 11.8 Å². The van der Waals surface area contributed by atoms with Crippen LogP contribution in [0, 0.1) is 17.1 Å². The van der Waals surface area contributed by atoms with Crippen LogP contribution >= 0.6 is 0 Å². The number of fused-ring (bicyclic) bond motifs is 1. The first kappa shape index (κ1) is 16.1. The Balaban J connectivity index is 2.35. The molecule has 0 unspecified atom stereocenters. The quantitative estimate of drug-likeness (QED) is 0.738. The fraction of sp³-hybridized carbons (Fsp3) is 0.500. The summed E-state index contributed by atoms with van der Waals surface area (Å²) < 4.78 is 24.7. The number of nitriles is 1. The van der Waals surface area contributed by atoms with Crippen LogP contribution in [0.5, 0.6) is 5.75 Å². The Morgan fingerprint density at radius 1 is 1.50 bits per heavy atom. The lowest BCUT2D eigenvalue weighted by Crippen LogP contribution is -2.39. The number of benzene rings is 1. The molecule has 0 aliphatic carbocycles. The maximum Gasteiger partial charge on any atom is 0.410 e. The van der Waals surface area contributed by atoms with E-state index >= 15 is 0 Å². The molecule has 2 rings (SSSR count). The van der Waals surface area contributed by atoms with Crippen LogP contribution in [0.25, 0.3) is 0 Å². The third-order valence-corrected chi connectivity index (χ3v) is 3.06. The Hall–Kier alpha value is -2.29.